The topological polar surface area (TPSA) is 56.8 Å². The summed E-state index contributed by atoms with van der Waals surface area (Å²) >= 11 is 0. The molecule has 1 unspecified atom stereocenters. The van der Waals surface area contributed by atoms with Crippen LogP contribution in [-0.2, 0) is 14.2 Å². The zero-order chi connectivity index (χ0) is 34.2. The minimum Gasteiger partial charge on any atom is -0.446 e. The average molecular weight is 656 g/mol. The molecule has 3 saturated carbocycles. The maximum absolute atomic E-state index is 12.7. The molecule has 0 aromatic carbocycles. The minimum absolute atomic E-state index is 0.0166. The van der Waals surface area contributed by atoms with E-state index in [9.17, 15) is 4.79 Å². The van der Waals surface area contributed by atoms with Gasteiger partial charge < -0.3 is 19.5 Å². The van der Waals surface area contributed by atoms with Crippen molar-refractivity contribution in [3.63, 3.8) is 0 Å². The van der Waals surface area contributed by atoms with Crippen LogP contribution in [0.25, 0.3) is 0 Å². The summed E-state index contributed by atoms with van der Waals surface area (Å²) in [5.41, 5.74) is 3.84. The van der Waals surface area contributed by atoms with Crippen LogP contribution in [0.4, 0.5) is 4.79 Å². The lowest BCUT2D eigenvalue weighted by Crippen LogP contribution is -2.51. The van der Waals surface area contributed by atoms with Crippen molar-refractivity contribution in [3.05, 3.63) is 23.3 Å². The number of nitrogens with one attached hydrogen (secondary N) is 1. The Hall–Kier alpha value is -1.33. The zero-order valence-corrected chi connectivity index (χ0v) is 32.0. The summed E-state index contributed by atoms with van der Waals surface area (Å²) in [6, 6.07) is 0. The van der Waals surface area contributed by atoms with Crippen molar-refractivity contribution in [3.8, 4) is 0 Å². The molecule has 47 heavy (non-hydrogen) atoms. The number of carbonyl (C=O) groups excluding carboxylic acids is 1. The number of hydrogen-bond donors (Lipinski definition) is 1. The molecule has 0 saturated heterocycles. The van der Waals surface area contributed by atoms with Gasteiger partial charge in [0.2, 0.25) is 0 Å². The largest absolute Gasteiger partial charge is 0.446 e. The number of alkyl carbamates (subject to hydrolysis) is 1. The van der Waals surface area contributed by atoms with Gasteiger partial charge in [0.05, 0.1) is 26.4 Å². The van der Waals surface area contributed by atoms with Crippen molar-refractivity contribution < 1.29 is 19.0 Å². The van der Waals surface area contributed by atoms with Gasteiger partial charge in [-0.25, -0.2) is 4.79 Å². The predicted molar refractivity (Wildman–Crippen MR) is 195 cm³/mol. The van der Waals surface area contributed by atoms with Gasteiger partial charge >= 0.3 is 6.09 Å². The van der Waals surface area contributed by atoms with Crippen molar-refractivity contribution in [2.24, 2.45) is 58.2 Å². The van der Waals surface area contributed by atoms with Gasteiger partial charge in [-0.1, -0.05) is 105 Å². The molecule has 4 aliphatic carbocycles. The van der Waals surface area contributed by atoms with Gasteiger partial charge in [-0.3, -0.25) is 0 Å². The predicted octanol–water partition coefficient (Wildman–Crippen LogP) is 10.8. The molecule has 270 valence electrons. The normalized spacial score (nSPS) is 33.0. The molecule has 1 N–H and O–H groups in total. The van der Waals surface area contributed by atoms with Crippen molar-refractivity contribution in [2.75, 3.05) is 33.0 Å². The molecule has 1 amide bonds. The van der Waals surface area contributed by atoms with Crippen LogP contribution in [0.1, 0.15) is 139 Å². The Morgan fingerprint density at radius 1 is 0.915 bits per heavy atom. The molecular weight excluding hydrogens is 582 g/mol. The van der Waals surface area contributed by atoms with Crippen LogP contribution in [0.15, 0.2) is 23.3 Å². The van der Waals surface area contributed by atoms with Crippen molar-refractivity contribution in [1.29, 1.82) is 0 Å². The Kier molecular flexibility index (Phi) is 14.4. The van der Waals surface area contributed by atoms with Gasteiger partial charge in [0.25, 0.3) is 0 Å². The number of amides is 1. The van der Waals surface area contributed by atoms with E-state index < -0.39 is 0 Å². The second-order valence-corrected chi connectivity index (χ2v) is 17.6. The average Bonchev–Trinajstić information content (AvgIpc) is 3.36. The molecule has 3 fully saturated rings. The maximum Gasteiger partial charge on any atom is 0.407 e. The second-order valence-electron chi connectivity index (χ2n) is 17.6. The second kappa shape index (κ2) is 17.6. The van der Waals surface area contributed by atoms with Gasteiger partial charge in [-0.2, -0.15) is 0 Å². The number of ether oxygens (including phenoxy) is 3. The summed E-state index contributed by atoms with van der Waals surface area (Å²) in [4.78, 5) is 12.7. The fraction of sp³-hybridized carbons (Fsp3) is 0.881. The van der Waals surface area contributed by atoms with Crippen LogP contribution in [-0.4, -0.2) is 45.2 Å². The highest BCUT2D eigenvalue weighted by Gasteiger charge is 2.59. The fourth-order valence-electron chi connectivity index (χ4n) is 10.7. The molecule has 4 aliphatic rings. The standard InChI is InChI=1S/C42H73NO4/c1-29(2)11-10-12-32(7)37-15-16-38-36-14-13-34-28-35(17-20-41(34,8)39(36)18-21-42(37,38)9)47-40(44)43-22-24-46-26-25-45-23-19-33(31(5)6)27-30(3)4/h13,27,29-32,35-39H,10-12,14-26,28H2,1-9H3,(H,43,44)/b33-27-/t32-,35?,36+,37-,38+,39+,41+,42-/m1/s1. The lowest BCUT2D eigenvalue weighted by atomic mass is 9.47. The highest BCUT2D eigenvalue weighted by atomic mass is 16.6. The smallest absolute Gasteiger partial charge is 0.407 e. The third-order valence-electron chi connectivity index (χ3n) is 13.2. The zero-order valence-electron chi connectivity index (χ0n) is 32.0. The minimum atomic E-state index is -0.307. The highest BCUT2D eigenvalue weighted by molar-refractivity contribution is 5.67. The first-order valence-corrected chi connectivity index (χ1v) is 19.8. The van der Waals surface area contributed by atoms with Crippen LogP contribution in [0.3, 0.4) is 0 Å². The summed E-state index contributed by atoms with van der Waals surface area (Å²) in [5, 5.41) is 2.91. The molecular formula is C42H73NO4. The van der Waals surface area contributed by atoms with Crippen molar-refractivity contribution in [2.45, 2.75) is 145 Å². The van der Waals surface area contributed by atoms with Crippen molar-refractivity contribution >= 4 is 6.09 Å². The summed E-state index contributed by atoms with van der Waals surface area (Å²) in [6.07, 6.45) is 19.7. The number of hydrogen-bond acceptors (Lipinski definition) is 4. The van der Waals surface area contributed by atoms with Gasteiger partial charge in [-0.15, -0.1) is 0 Å². The molecule has 0 radical (unpaired) electrons. The molecule has 5 nitrogen and oxygen atoms in total. The molecule has 8 atom stereocenters. The van der Waals surface area contributed by atoms with E-state index in [1.165, 1.54) is 56.9 Å². The SMILES string of the molecule is CC(C)/C=C(/CCOCCOCCNC(=O)OC1CC[C@@]2(C)C(=CC[C@H]3[C@@H]4CC[C@H]([C@H](C)CCCC(C)C)[C@@]4(C)CC[C@@H]32)C1)C(C)C. The number of carbonyl (C=O) groups is 1. The van der Waals surface area contributed by atoms with E-state index in [2.05, 4.69) is 79.8 Å². The van der Waals surface area contributed by atoms with Gasteiger partial charge in [0, 0.05) is 13.0 Å². The fourth-order valence-corrected chi connectivity index (χ4v) is 10.7. The Labute approximate surface area is 289 Å². The molecule has 0 bridgehead atoms. The quantitative estimate of drug-likeness (QED) is 0.125. The van der Waals surface area contributed by atoms with Crippen LogP contribution in [0.2, 0.25) is 0 Å². The van der Waals surface area contributed by atoms with E-state index in [-0.39, 0.29) is 17.6 Å². The van der Waals surface area contributed by atoms with Crippen LogP contribution < -0.4 is 5.32 Å². The van der Waals surface area contributed by atoms with E-state index >= 15 is 0 Å². The molecule has 0 spiro atoms. The third kappa shape index (κ3) is 9.89. The number of allylic oxidation sites excluding steroid dienone is 2. The molecule has 4 rings (SSSR count). The Bertz CT molecular complexity index is 1050. The molecule has 0 aliphatic heterocycles. The summed E-state index contributed by atoms with van der Waals surface area (Å²) in [5.74, 6) is 6.21. The summed E-state index contributed by atoms with van der Waals surface area (Å²) in [6.45, 7) is 24.2. The molecule has 0 heterocycles. The monoisotopic (exact) mass is 656 g/mol. The first-order chi connectivity index (χ1) is 22.3. The van der Waals surface area contributed by atoms with Crippen LogP contribution in [0, 0.1) is 58.2 Å². The van der Waals surface area contributed by atoms with E-state index in [1.54, 1.807) is 5.57 Å². The van der Waals surface area contributed by atoms with Crippen molar-refractivity contribution in [1.82, 2.24) is 5.32 Å². The van der Waals surface area contributed by atoms with Crippen LogP contribution in [0.5, 0.6) is 0 Å². The van der Waals surface area contributed by atoms with Gasteiger partial charge in [0.15, 0.2) is 0 Å². The lowest BCUT2D eigenvalue weighted by molar-refractivity contribution is -0.0581. The van der Waals surface area contributed by atoms with Gasteiger partial charge in [0.1, 0.15) is 6.10 Å². The van der Waals surface area contributed by atoms with Crippen LogP contribution >= 0.6 is 0 Å². The third-order valence-corrected chi connectivity index (χ3v) is 13.2. The molecule has 0 aromatic heterocycles. The summed E-state index contributed by atoms with van der Waals surface area (Å²) in [7, 11) is 0. The van der Waals surface area contributed by atoms with E-state index in [4.69, 9.17) is 14.2 Å². The number of rotatable bonds is 17. The van der Waals surface area contributed by atoms with Gasteiger partial charge in [-0.05, 0) is 110 Å². The first kappa shape index (κ1) is 38.5. The Morgan fingerprint density at radius 3 is 2.36 bits per heavy atom. The van der Waals surface area contributed by atoms with E-state index in [1.807, 2.05) is 0 Å². The molecule has 5 heteroatoms. The summed E-state index contributed by atoms with van der Waals surface area (Å²) < 4.78 is 17.4. The lowest BCUT2D eigenvalue weighted by Gasteiger charge is -2.58. The Morgan fingerprint density at radius 2 is 1.66 bits per heavy atom. The highest BCUT2D eigenvalue weighted by Crippen LogP contribution is 2.67. The maximum atomic E-state index is 12.7. The Balaban J connectivity index is 1.16. The molecule has 0 aromatic rings. The number of fused-ring (bicyclic) bond motifs is 5. The first-order valence-electron chi connectivity index (χ1n) is 19.8. The van der Waals surface area contributed by atoms with E-state index in [0.29, 0.717) is 43.6 Å². The van der Waals surface area contributed by atoms with E-state index in [0.717, 1.165) is 67.8 Å².